The molecule has 134 valence electrons. The molecule has 2 aromatic heterocycles. The van der Waals surface area contributed by atoms with Crippen LogP contribution in [0.5, 0.6) is 0 Å². The van der Waals surface area contributed by atoms with Gasteiger partial charge in [0.2, 0.25) is 5.82 Å². The standard InChI is InChI=1S/C17H17N5O3S/c23-15(18-8-6-13-4-2-1-3-5-13)11-25-16(24)10-22-20-17(19-21-22)14-7-9-26-12-14/h1-5,7,9,12H,6,8,10-11H2,(H,18,23). The van der Waals surface area contributed by atoms with E-state index in [1.165, 1.54) is 11.3 Å². The average Bonchev–Trinajstić information content (AvgIpc) is 3.32. The highest BCUT2D eigenvalue weighted by Gasteiger charge is 2.12. The molecule has 1 aromatic carbocycles. The second-order valence-corrected chi connectivity index (χ2v) is 6.18. The first-order chi connectivity index (χ1) is 12.7. The molecule has 0 aliphatic heterocycles. The van der Waals surface area contributed by atoms with Crippen LogP contribution in [-0.4, -0.2) is 45.2 Å². The van der Waals surface area contributed by atoms with Gasteiger partial charge in [-0.05, 0) is 28.6 Å². The van der Waals surface area contributed by atoms with E-state index in [2.05, 4.69) is 20.7 Å². The quantitative estimate of drug-likeness (QED) is 0.599. The van der Waals surface area contributed by atoms with E-state index in [1.54, 1.807) is 0 Å². The SMILES string of the molecule is O=C(COC(=O)Cn1nnc(-c2ccsc2)n1)NCCc1ccccc1. The lowest BCUT2D eigenvalue weighted by Gasteiger charge is -2.06. The molecule has 2 heterocycles. The molecule has 0 bridgehead atoms. The van der Waals surface area contributed by atoms with Crippen molar-refractivity contribution in [3.8, 4) is 11.4 Å². The normalized spacial score (nSPS) is 10.5. The summed E-state index contributed by atoms with van der Waals surface area (Å²) in [6.45, 7) is -0.0524. The van der Waals surface area contributed by atoms with Crippen LogP contribution in [0.25, 0.3) is 11.4 Å². The molecular formula is C17H17N5O3S. The number of esters is 1. The molecule has 0 aliphatic rings. The number of amides is 1. The fraction of sp³-hybridized carbons (Fsp3) is 0.235. The van der Waals surface area contributed by atoms with Crippen molar-refractivity contribution in [3.63, 3.8) is 0 Å². The van der Waals surface area contributed by atoms with Crippen LogP contribution in [0, 0.1) is 0 Å². The first-order valence-electron chi connectivity index (χ1n) is 7.97. The van der Waals surface area contributed by atoms with Gasteiger partial charge in [0.1, 0.15) is 0 Å². The number of aromatic nitrogens is 4. The number of carbonyl (C=O) groups excluding carboxylic acids is 2. The molecule has 0 radical (unpaired) electrons. The molecule has 1 N–H and O–H groups in total. The van der Waals surface area contributed by atoms with Crippen molar-refractivity contribution in [1.82, 2.24) is 25.5 Å². The van der Waals surface area contributed by atoms with E-state index < -0.39 is 5.97 Å². The summed E-state index contributed by atoms with van der Waals surface area (Å²) in [5.41, 5.74) is 1.97. The van der Waals surface area contributed by atoms with E-state index in [0.717, 1.165) is 22.3 Å². The smallest absolute Gasteiger partial charge is 0.330 e. The Bertz CT molecular complexity index is 848. The van der Waals surface area contributed by atoms with Crippen LogP contribution in [0.3, 0.4) is 0 Å². The van der Waals surface area contributed by atoms with Gasteiger partial charge in [0.25, 0.3) is 5.91 Å². The van der Waals surface area contributed by atoms with Crippen molar-refractivity contribution in [2.75, 3.05) is 13.2 Å². The number of hydrogen-bond donors (Lipinski definition) is 1. The highest BCUT2D eigenvalue weighted by molar-refractivity contribution is 7.08. The number of nitrogens with one attached hydrogen (secondary N) is 1. The summed E-state index contributed by atoms with van der Waals surface area (Å²) in [6, 6.07) is 11.7. The third-order valence-electron chi connectivity index (χ3n) is 3.45. The number of carbonyl (C=O) groups is 2. The average molecular weight is 371 g/mol. The highest BCUT2D eigenvalue weighted by Crippen LogP contribution is 2.16. The molecule has 1 amide bonds. The Labute approximate surface area is 153 Å². The minimum absolute atomic E-state index is 0.200. The fourth-order valence-electron chi connectivity index (χ4n) is 2.17. The molecule has 26 heavy (non-hydrogen) atoms. The Morgan fingerprint density at radius 2 is 2.04 bits per heavy atom. The second kappa shape index (κ2) is 8.86. The van der Waals surface area contributed by atoms with Gasteiger partial charge < -0.3 is 10.1 Å². The third-order valence-corrected chi connectivity index (χ3v) is 4.13. The summed E-state index contributed by atoms with van der Waals surface area (Å²) in [4.78, 5) is 24.6. The summed E-state index contributed by atoms with van der Waals surface area (Å²) in [5.74, 6) is -0.505. The predicted molar refractivity (Wildman–Crippen MR) is 95.2 cm³/mol. The van der Waals surface area contributed by atoms with Crippen LogP contribution in [-0.2, 0) is 27.3 Å². The minimum atomic E-state index is -0.600. The Morgan fingerprint density at radius 1 is 1.19 bits per heavy atom. The third kappa shape index (κ3) is 5.21. The zero-order valence-corrected chi connectivity index (χ0v) is 14.7. The maximum absolute atomic E-state index is 11.8. The van der Waals surface area contributed by atoms with Gasteiger partial charge in [-0.1, -0.05) is 30.3 Å². The topological polar surface area (TPSA) is 99.0 Å². The fourth-order valence-corrected chi connectivity index (χ4v) is 2.80. The number of tetrazole rings is 1. The summed E-state index contributed by atoms with van der Waals surface area (Å²) in [7, 11) is 0. The molecule has 0 unspecified atom stereocenters. The van der Waals surface area contributed by atoms with E-state index >= 15 is 0 Å². The zero-order chi connectivity index (χ0) is 18.2. The maximum atomic E-state index is 11.8. The molecule has 3 aromatic rings. The zero-order valence-electron chi connectivity index (χ0n) is 13.9. The Hall–Kier alpha value is -3.07. The van der Waals surface area contributed by atoms with Crippen LogP contribution >= 0.6 is 11.3 Å². The molecular weight excluding hydrogens is 354 g/mol. The van der Waals surface area contributed by atoms with Gasteiger partial charge in [0.15, 0.2) is 13.2 Å². The van der Waals surface area contributed by atoms with Gasteiger partial charge in [0, 0.05) is 17.5 Å². The number of nitrogens with zero attached hydrogens (tertiary/aromatic N) is 4. The van der Waals surface area contributed by atoms with Crippen LogP contribution in [0.15, 0.2) is 47.2 Å². The van der Waals surface area contributed by atoms with Crippen molar-refractivity contribution in [3.05, 3.63) is 52.7 Å². The van der Waals surface area contributed by atoms with Crippen LogP contribution in [0.2, 0.25) is 0 Å². The van der Waals surface area contributed by atoms with Gasteiger partial charge in [-0.2, -0.15) is 16.1 Å². The molecule has 0 fully saturated rings. The largest absolute Gasteiger partial charge is 0.454 e. The number of rotatable bonds is 8. The maximum Gasteiger partial charge on any atom is 0.330 e. The first-order valence-corrected chi connectivity index (χ1v) is 8.91. The first kappa shape index (κ1) is 17.7. The summed E-state index contributed by atoms with van der Waals surface area (Å²) >= 11 is 1.52. The van der Waals surface area contributed by atoms with E-state index in [-0.39, 0.29) is 19.1 Å². The van der Waals surface area contributed by atoms with Crippen LogP contribution < -0.4 is 5.32 Å². The Balaban J connectivity index is 1.36. The van der Waals surface area contributed by atoms with E-state index in [9.17, 15) is 9.59 Å². The van der Waals surface area contributed by atoms with Crippen LogP contribution in [0.1, 0.15) is 5.56 Å². The minimum Gasteiger partial charge on any atom is -0.454 e. The molecule has 9 heteroatoms. The van der Waals surface area contributed by atoms with Crippen molar-refractivity contribution in [1.29, 1.82) is 0 Å². The predicted octanol–water partition coefficient (Wildman–Crippen LogP) is 1.30. The van der Waals surface area contributed by atoms with Crippen molar-refractivity contribution in [2.45, 2.75) is 13.0 Å². The van der Waals surface area contributed by atoms with E-state index in [1.807, 2.05) is 47.2 Å². The summed E-state index contributed by atoms with van der Waals surface area (Å²) in [6.07, 6.45) is 0.717. The Morgan fingerprint density at radius 3 is 2.81 bits per heavy atom. The highest BCUT2D eigenvalue weighted by atomic mass is 32.1. The monoisotopic (exact) mass is 371 g/mol. The van der Waals surface area contributed by atoms with Crippen molar-refractivity contribution >= 4 is 23.2 Å². The summed E-state index contributed by atoms with van der Waals surface area (Å²) in [5, 5.41) is 18.3. The van der Waals surface area contributed by atoms with E-state index in [4.69, 9.17) is 4.74 Å². The number of thiophene rings is 1. The van der Waals surface area contributed by atoms with Crippen molar-refractivity contribution < 1.29 is 14.3 Å². The van der Waals surface area contributed by atoms with Gasteiger partial charge in [0.05, 0.1) is 0 Å². The Kier molecular flexibility index (Phi) is 6.05. The lowest BCUT2D eigenvalue weighted by Crippen LogP contribution is -2.31. The molecule has 0 saturated heterocycles. The molecule has 3 rings (SSSR count). The van der Waals surface area contributed by atoms with Gasteiger partial charge >= 0.3 is 5.97 Å². The van der Waals surface area contributed by atoms with Crippen LogP contribution in [0.4, 0.5) is 0 Å². The molecule has 0 aliphatic carbocycles. The van der Waals surface area contributed by atoms with Gasteiger partial charge in [-0.25, -0.2) is 4.79 Å². The molecule has 0 saturated carbocycles. The number of benzene rings is 1. The summed E-state index contributed by atoms with van der Waals surface area (Å²) < 4.78 is 4.93. The lowest BCUT2D eigenvalue weighted by molar-refractivity contribution is -0.149. The van der Waals surface area contributed by atoms with Gasteiger partial charge in [-0.15, -0.1) is 10.2 Å². The van der Waals surface area contributed by atoms with E-state index in [0.29, 0.717) is 12.4 Å². The number of hydrogen-bond acceptors (Lipinski definition) is 7. The number of ether oxygens (including phenoxy) is 1. The molecule has 0 atom stereocenters. The van der Waals surface area contributed by atoms with Crippen molar-refractivity contribution in [2.24, 2.45) is 0 Å². The molecule has 8 nitrogen and oxygen atoms in total. The molecule has 0 spiro atoms. The second-order valence-electron chi connectivity index (χ2n) is 5.40. The van der Waals surface area contributed by atoms with Gasteiger partial charge in [-0.3, -0.25) is 4.79 Å². The lowest BCUT2D eigenvalue weighted by atomic mass is 10.1.